The van der Waals surface area contributed by atoms with Crippen LogP contribution in [0.15, 0.2) is 11.6 Å². The van der Waals surface area contributed by atoms with Gasteiger partial charge in [-0.3, -0.25) is 9.59 Å². The van der Waals surface area contributed by atoms with Gasteiger partial charge in [0.25, 0.3) is 0 Å². The van der Waals surface area contributed by atoms with Crippen LogP contribution in [0.1, 0.15) is 39.5 Å². The Kier molecular flexibility index (Phi) is 4.27. The highest BCUT2D eigenvalue weighted by Gasteiger charge is 2.51. The summed E-state index contributed by atoms with van der Waals surface area (Å²) in [6, 6.07) is -0.0427. The van der Waals surface area contributed by atoms with Crippen molar-refractivity contribution in [2.45, 2.75) is 45.6 Å². The molecule has 4 nitrogen and oxygen atoms in total. The number of fused-ring (bicyclic) bond motifs is 2. The second-order valence-electron chi connectivity index (χ2n) is 5.68. The Morgan fingerprint density at radius 1 is 1.32 bits per heavy atom. The maximum Gasteiger partial charge on any atom is 0.311 e. The maximum atomic E-state index is 12.1. The molecule has 106 valence electrons. The van der Waals surface area contributed by atoms with Crippen molar-refractivity contribution in [3.8, 4) is 0 Å². The molecule has 0 aliphatic heterocycles. The van der Waals surface area contributed by atoms with E-state index in [1.807, 2.05) is 19.9 Å². The fourth-order valence-corrected chi connectivity index (χ4v) is 3.64. The molecule has 0 saturated heterocycles. The topological polar surface area (TPSA) is 55.4 Å². The first-order valence-corrected chi connectivity index (χ1v) is 7.13. The molecule has 0 radical (unpaired) electrons. The highest BCUT2D eigenvalue weighted by molar-refractivity contribution is 5.93. The molecule has 0 unspecified atom stereocenters. The number of hydrogen-bond acceptors (Lipinski definition) is 3. The van der Waals surface area contributed by atoms with Gasteiger partial charge in [0, 0.05) is 11.6 Å². The van der Waals surface area contributed by atoms with Crippen LogP contribution in [0.25, 0.3) is 0 Å². The average Bonchev–Trinajstić information content (AvgIpc) is 2.99. The molecule has 0 aromatic rings. The molecule has 1 amide bonds. The van der Waals surface area contributed by atoms with Crippen LogP contribution in [-0.2, 0) is 14.3 Å². The molecule has 2 rings (SSSR count). The molecule has 0 spiro atoms. The lowest BCUT2D eigenvalue weighted by molar-refractivity contribution is -0.148. The Balaban J connectivity index is 2.07. The molecular weight excluding hydrogens is 242 g/mol. The van der Waals surface area contributed by atoms with Gasteiger partial charge in [0.05, 0.1) is 13.0 Å². The molecule has 0 heterocycles. The molecule has 2 fully saturated rings. The van der Waals surface area contributed by atoms with Crippen molar-refractivity contribution in [3.05, 3.63) is 11.6 Å². The van der Waals surface area contributed by atoms with Gasteiger partial charge in [-0.15, -0.1) is 0 Å². The highest BCUT2D eigenvalue weighted by Crippen LogP contribution is 2.48. The van der Waals surface area contributed by atoms with Gasteiger partial charge >= 0.3 is 5.97 Å². The summed E-state index contributed by atoms with van der Waals surface area (Å²) in [7, 11) is 1.43. The van der Waals surface area contributed by atoms with Crippen molar-refractivity contribution in [3.63, 3.8) is 0 Å². The summed E-state index contributed by atoms with van der Waals surface area (Å²) in [6.45, 7) is 3.82. The van der Waals surface area contributed by atoms with E-state index in [2.05, 4.69) is 5.32 Å². The van der Waals surface area contributed by atoms with Crippen LogP contribution in [0, 0.1) is 17.8 Å². The van der Waals surface area contributed by atoms with Gasteiger partial charge < -0.3 is 10.1 Å². The fraction of sp³-hybridized carbons (Fsp3) is 0.733. The van der Waals surface area contributed by atoms with Crippen LogP contribution in [0.4, 0.5) is 0 Å². The van der Waals surface area contributed by atoms with E-state index >= 15 is 0 Å². The van der Waals surface area contributed by atoms with E-state index in [0.29, 0.717) is 11.8 Å². The van der Waals surface area contributed by atoms with E-state index in [-0.39, 0.29) is 23.8 Å². The summed E-state index contributed by atoms with van der Waals surface area (Å²) in [5.41, 5.74) is 0.730. The van der Waals surface area contributed by atoms with Crippen molar-refractivity contribution in [1.82, 2.24) is 5.32 Å². The van der Waals surface area contributed by atoms with E-state index in [1.54, 1.807) is 0 Å². The number of nitrogens with one attached hydrogen (secondary N) is 1. The lowest BCUT2D eigenvalue weighted by Gasteiger charge is -2.29. The number of amides is 1. The van der Waals surface area contributed by atoms with Crippen molar-refractivity contribution in [1.29, 1.82) is 0 Å². The number of carbonyl (C=O) groups is 2. The Hall–Kier alpha value is -1.32. The molecule has 2 bridgehead atoms. The minimum Gasteiger partial charge on any atom is -0.469 e. The summed E-state index contributed by atoms with van der Waals surface area (Å²) in [4.78, 5) is 24.0. The minimum atomic E-state index is -0.172. The second kappa shape index (κ2) is 5.76. The zero-order valence-corrected chi connectivity index (χ0v) is 11.9. The average molecular weight is 265 g/mol. The van der Waals surface area contributed by atoms with Gasteiger partial charge in [-0.2, -0.15) is 0 Å². The van der Waals surface area contributed by atoms with Gasteiger partial charge in [0.1, 0.15) is 0 Å². The van der Waals surface area contributed by atoms with Crippen LogP contribution in [-0.4, -0.2) is 25.0 Å². The van der Waals surface area contributed by atoms with Crippen LogP contribution in [0.2, 0.25) is 0 Å². The third-order valence-electron chi connectivity index (χ3n) is 4.56. The number of methoxy groups -OCH3 is 1. The maximum absolute atomic E-state index is 12.1. The number of rotatable bonds is 4. The Morgan fingerprint density at radius 3 is 2.63 bits per heavy atom. The fourth-order valence-electron chi connectivity index (χ4n) is 3.64. The van der Waals surface area contributed by atoms with Gasteiger partial charge in [0.15, 0.2) is 0 Å². The lowest BCUT2D eigenvalue weighted by atomic mass is 9.84. The third-order valence-corrected chi connectivity index (χ3v) is 4.56. The molecule has 1 N–H and O–H groups in total. The largest absolute Gasteiger partial charge is 0.469 e. The van der Waals surface area contributed by atoms with Crippen molar-refractivity contribution >= 4 is 11.9 Å². The molecular formula is C15H23NO3. The molecule has 2 aliphatic rings. The zero-order chi connectivity index (χ0) is 14.0. The molecule has 0 aromatic carbocycles. The van der Waals surface area contributed by atoms with Gasteiger partial charge in [-0.25, -0.2) is 0 Å². The van der Waals surface area contributed by atoms with Crippen molar-refractivity contribution in [2.24, 2.45) is 17.8 Å². The van der Waals surface area contributed by atoms with E-state index in [1.165, 1.54) is 7.11 Å². The van der Waals surface area contributed by atoms with Crippen LogP contribution >= 0.6 is 0 Å². The molecule has 4 atom stereocenters. The molecule has 19 heavy (non-hydrogen) atoms. The van der Waals surface area contributed by atoms with Crippen molar-refractivity contribution in [2.75, 3.05) is 7.11 Å². The highest BCUT2D eigenvalue weighted by atomic mass is 16.5. The standard InChI is InChI=1S/C15H23NO3/c1-4-5-9(2)14(17)16-13-11-7-6-10(8-11)12(13)15(18)19-3/h5,10-13H,4,6-8H2,1-3H3,(H,16,17)/b9-5+/t10-,11-,12+,13-/m0/s1. The van der Waals surface area contributed by atoms with Gasteiger partial charge in [-0.1, -0.05) is 13.0 Å². The molecule has 2 saturated carbocycles. The summed E-state index contributed by atoms with van der Waals surface area (Å²) in [5.74, 6) is 0.454. The predicted octanol–water partition coefficient (Wildman–Crippen LogP) is 2.05. The van der Waals surface area contributed by atoms with E-state index in [4.69, 9.17) is 4.74 Å². The summed E-state index contributed by atoms with van der Waals surface area (Å²) in [6.07, 6.45) is 5.99. The van der Waals surface area contributed by atoms with Crippen LogP contribution in [0.3, 0.4) is 0 Å². The second-order valence-corrected chi connectivity index (χ2v) is 5.68. The van der Waals surface area contributed by atoms with E-state index in [0.717, 1.165) is 31.3 Å². The number of hydrogen-bond donors (Lipinski definition) is 1. The zero-order valence-electron chi connectivity index (χ0n) is 11.9. The summed E-state index contributed by atoms with van der Waals surface area (Å²) < 4.78 is 4.90. The van der Waals surface area contributed by atoms with Crippen molar-refractivity contribution < 1.29 is 14.3 Å². The Labute approximate surface area is 114 Å². The Morgan fingerprint density at radius 2 is 2.00 bits per heavy atom. The smallest absolute Gasteiger partial charge is 0.311 e. The lowest BCUT2D eigenvalue weighted by Crippen LogP contribution is -2.47. The van der Waals surface area contributed by atoms with Crippen LogP contribution in [0.5, 0.6) is 0 Å². The first-order valence-electron chi connectivity index (χ1n) is 7.13. The summed E-state index contributed by atoms with van der Waals surface area (Å²) >= 11 is 0. The predicted molar refractivity (Wildman–Crippen MR) is 72.3 cm³/mol. The van der Waals surface area contributed by atoms with Crippen LogP contribution < -0.4 is 5.32 Å². The quantitative estimate of drug-likeness (QED) is 0.625. The third kappa shape index (κ3) is 2.67. The van der Waals surface area contributed by atoms with E-state index in [9.17, 15) is 9.59 Å². The molecule has 2 aliphatic carbocycles. The Bertz CT molecular complexity index is 402. The van der Waals surface area contributed by atoms with Gasteiger partial charge in [-0.05, 0) is 44.4 Å². The monoisotopic (exact) mass is 265 g/mol. The normalized spacial score (nSPS) is 33.3. The molecule has 4 heteroatoms. The number of ether oxygens (including phenoxy) is 1. The van der Waals surface area contributed by atoms with E-state index < -0.39 is 0 Å². The number of allylic oxidation sites excluding steroid dienone is 1. The molecule has 0 aromatic heterocycles. The number of esters is 1. The first kappa shape index (κ1) is 14.1. The van der Waals surface area contributed by atoms with Gasteiger partial charge in [0.2, 0.25) is 5.91 Å². The summed E-state index contributed by atoms with van der Waals surface area (Å²) in [5, 5.41) is 3.05. The first-order chi connectivity index (χ1) is 9.08. The number of carbonyl (C=O) groups excluding carboxylic acids is 2. The minimum absolute atomic E-state index is 0.0427. The SMILES string of the molecule is CC/C=C(\C)C(=O)N[C@H]1[C@H]2CC[C@@H](C2)[C@H]1C(=O)OC.